The Labute approximate surface area is 177 Å². The maximum Gasteiger partial charge on any atom is 0.327 e. The summed E-state index contributed by atoms with van der Waals surface area (Å²) in [6.07, 6.45) is 6.31. The Hall–Kier alpha value is -1.55. The Bertz CT molecular complexity index is 656. The fourth-order valence-electron chi connectivity index (χ4n) is 4.21. The number of aromatic hydroxyl groups is 1. The topological polar surface area (TPSA) is 58.6 Å². The van der Waals surface area contributed by atoms with Crippen LogP contribution in [0.3, 0.4) is 0 Å². The van der Waals surface area contributed by atoms with Crippen LogP contribution in [0.1, 0.15) is 103 Å². The van der Waals surface area contributed by atoms with Crippen LogP contribution >= 0.6 is 0 Å². The third-order valence-electron chi connectivity index (χ3n) is 5.94. The molecular formula is C25H41NO3. The van der Waals surface area contributed by atoms with Crippen molar-refractivity contribution in [2.24, 2.45) is 5.92 Å². The molecular weight excluding hydrogens is 362 g/mol. The lowest BCUT2D eigenvalue weighted by atomic mass is 9.77. The molecule has 0 bridgehead atoms. The summed E-state index contributed by atoms with van der Waals surface area (Å²) in [4.78, 5) is 12.9. The van der Waals surface area contributed by atoms with Crippen molar-refractivity contribution in [3.8, 4) is 5.75 Å². The van der Waals surface area contributed by atoms with E-state index >= 15 is 0 Å². The molecule has 1 unspecified atom stereocenters. The zero-order valence-corrected chi connectivity index (χ0v) is 19.5. The molecule has 1 saturated carbocycles. The number of esters is 1. The van der Waals surface area contributed by atoms with Gasteiger partial charge in [0, 0.05) is 0 Å². The van der Waals surface area contributed by atoms with Gasteiger partial charge in [-0.3, -0.25) is 0 Å². The van der Waals surface area contributed by atoms with Gasteiger partial charge in [-0.15, -0.1) is 0 Å². The van der Waals surface area contributed by atoms with Gasteiger partial charge < -0.3 is 15.2 Å². The van der Waals surface area contributed by atoms with E-state index in [2.05, 4.69) is 46.9 Å². The highest BCUT2D eigenvalue weighted by molar-refractivity contribution is 5.78. The molecule has 0 saturated heterocycles. The summed E-state index contributed by atoms with van der Waals surface area (Å²) in [5.41, 5.74) is 2.15. The van der Waals surface area contributed by atoms with Crippen molar-refractivity contribution >= 4 is 5.97 Å². The first kappa shape index (κ1) is 23.7. The number of hydrogen-bond acceptors (Lipinski definition) is 4. The highest BCUT2D eigenvalue weighted by atomic mass is 16.5. The minimum absolute atomic E-state index is 0.233. The molecule has 0 radical (unpaired) electrons. The Morgan fingerprint density at radius 2 is 1.59 bits per heavy atom. The van der Waals surface area contributed by atoms with Crippen LogP contribution < -0.4 is 5.32 Å². The lowest BCUT2D eigenvalue weighted by molar-refractivity contribution is -0.145. The standard InChI is InChI=1S/C25H41NO3/c1-8-29-23(28)21(26-16-17-12-10-9-11-13-17)18-14-19(24(2,3)4)22(27)20(15-18)25(5,6)7/h14-15,17,21,26-27H,8-13,16H2,1-7H3. The number of carbonyl (C=O) groups is 1. The van der Waals surface area contributed by atoms with Gasteiger partial charge in [0.15, 0.2) is 0 Å². The Morgan fingerprint density at radius 1 is 1.07 bits per heavy atom. The van der Waals surface area contributed by atoms with Crippen molar-refractivity contribution in [1.29, 1.82) is 0 Å². The first-order valence-corrected chi connectivity index (χ1v) is 11.2. The molecule has 0 amide bonds. The molecule has 1 fully saturated rings. The van der Waals surface area contributed by atoms with Gasteiger partial charge in [0.05, 0.1) is 6.61 Å². The minimum atomic E-state index is -0.514. The molecule has 2 rings (SSSR count). The van der Waals surface area contributed by atoms with Gasteiger partial charge in [0.2, 0.25) is 0 Å². The van der Waals surface area contributed by atoms with Gasteiger partial charge >= 0.3 is 5.97 Å². The summed E-state index contributed by atoms with van der Waals surface area (Å²) < 4.78 is 5.42. The van der Waals surface area contributed by atoms with E-state index in [1.165, 1.54) is 32.1 Å². The van der Waals surface area contributed by atoms with Crippen LogP contribution in [0.5, 0.6) is 5.75 Å². The first-order valence-electron chi connectivity index (χ1n) is 11.2. The molecule has 4 nitrogen and oxygen atoms in total. The normalized spacial score (nSPS) is 17.2. The predicted octanol–water partition coefficient (Wildman–Crippen LogP) is 5.76. The van der Waals surface area contributed by atoms with Crippen molar-refractivity contribution < 1.29 is 14.6 Å². The summed E-state index contributed by atoms with van der Waals surface area (Å²) in [6.45, 7) is 15.6. The van der Waals surface area contributed by atoms with Gasteiger partial charge in [-0.1, -0.05) is 60.8 Å². The lowest BCUT2D eigenvalue weighted by Gasteiger charge is -2.30. The third-order valence-corrected chi connectivity index (χ3v) is 5.94. The number of rotatable bonds is 6. The molecule has 1 aliphatic carbocycles. The average Bonchev–Trinajstić information content (AvgIpc) is 2.62. The van der Waals surface area contributed by atoms with E-state index in [1.807, 2.05) is 19.1 Å². The quantitative estimate of drug-likeness (QED) is 0.593. The van der Waals surface area contributed by atoms with Crippen LogP contribution in [0.4, 0.5) is 0 Å². The van der Waals surface area contributed by atoms with E-state index in [-0.39, 0.29) is 16.8 Å². The number of benzene rings is 1. The number of hydrogen-bond donors (Lipinski definition) is 2. The van der Waals surface area contributed by atoms with E-state index in [0.717, 1.165) is 23.2 Å². The van der Waals surface area contributed by atoms with Crippen molar-refractivity contribution in [3.63, 3.8) is 0 Å². The van der Waals surface area contributed by atoms with E-state index < -0.39 is 6.04 Å². The van der Waals surface area contributed by atoms with E-state index in [0.29, 0.717) is 18.3 Å². The summed E-state index contributed by atoms with van der Waals surface area (Å²) in [5, 5.41) is 14.5. The molecule has 164 valence electrons. The molecule has 4 heteroatoms. The van der Waals surface area contributed by atoms with Crippen LogP contribution in [-0.4, -0.2) is 24.2 Å². The molecule has 1 aliphatic rings. The average molecular weight is 404 g/mol. The van der Waals surface area contributed by atoms with Gasteiger partial charge in [-0.25, -0.2) is 4.79 Å². The number of phenols is 1. The molecule has 1 aromatic rings. The predicted molar refractivity (Wildman–Crippen MR) is 119 cm³/mol. The first-order chi connectivity index (χ1) is 13.4. The summed E-state index contributed by atoms with van der Waals surface area (Å²) in [7, 11) is 0. The third kappa shape index (κ3) is 6.21. The number of phenolic OH excluding ortho intramolecular Hbond substituents is 1. The summed E-state index contributed by atoms with van der Waals surface area (Å²) in [6, 6.07) is 3.46. The minimum Gasteiger partial charge on any atom is -0.507 e. The van der Waals surface area contributed by atoms with Crippen LogP contribution in [0.15, 0.2) is 12.1 Å². The summed E-state index contributed by atoms with van der Waals surface area (Å²) in [5.74, 6) is 0.708. The molecule has 2 N–H and O–H groups in total. The molecule has 1 aromatic carbocycles. The Kier molecular flexibility index (Phi) is 7.78. The second-order valence-electron chi connectivity index (χ2n) is 10.6. The van der Waals surface area contributed by atoms with Crippen molar-refractivity contribution in [2.45, 2.75) is 97.4 Å². The smallest absolute Gasteiger partial charge is 0.327 e. The zero-order chi connectivity index (χ0) is 21.8. The molecule has 1 atom stereocenters. The molecule has 0 aliphatic heterocycles. The van der Waals surface area contributed by atoms with Gasteiger partial charge in [-0.2, -0.15) is 0 Å². The highest BCUT2D eigenvalue weighted by Crippen LogP contribution is 2.41. The molecule has 0 heterocycles. The van der Waals surface area contributed by atoms with Gasteiger partial charge in [-0.05, 0) is 71.9 Å². The second kappa shape index (κ2) is 9.51. The van der Waals surface area contributed by atoms with Crippen molar-refractivity contribution in [1.82, 2.24) is 5.32 Å². The molecule has 0 spiro atoms. The Morgan fingerprint density at radius 3 is 2.03 bits per heavy atom. The van der Waals surface area contributed by atoms with Crippen molar-refractivity contribution in [2.75, 3.05) is 13.2 Å². The zero-order valence-electron chi connectivity index (χ0n) is 19.5. The van der Waals surface area contributed by atoms with Crippen molar-refractivity contribution in [3.05, 3.63) is 28.8 Å². The van der Waals surface area contributed by atoms with E-state index in [4.69, 9.17) is 4.74 Å². The number of ether oxygens (including phenoxy) is 1. The van der Waals surface area contributed by atoms with Crippen LogP contribution in [0, 0.1) is 5.92 Å². The maximum atomic E-state index is 12.9. The monoisotopic (exact) mass is 403 g/mol. The van der Waals surface area contributed by atoms with Crippen LogP contribution in [0.2, 0.25) is 0 Å². The largest absolute Gasteiger partial charge is 0.507 e. The maximum absolute atomic E-state index is 12.9. The number of carbonyl (C=O) groups excluding carboxylic acids is 1. The van der Waals surface area contributed by atoms with Gasteiger partial charge in [0.25, 0.3) is 0 Å². The van der Waals surface area contributed by atoms with Crippen LogP contribution in [-0.2, 0) is 20.4 Å². The van der Waals surface area contributed by atoms with E-state index in [1.54, 1.807) is 0 Å². The Balaban J connectivity index is 2.45. The van der Waals surface area contributed by atoms with E-state index in [9.17, 15) is 9.90 Å². The van der Waals surface area contributed by atoms with Crippen LogP contribution in [0.25, 0.3) is 0 Å². The molecule has 0 aromatic heterocycles. The fourth-order valence-corrected chi connectivity index (χ4v) is 4.21. The number of nitrogens with one attached hydrogen (secondary N) is 1. The molecule has 29 heavy (non-hydrogen) atoms. The SMILES string of the molecule is CCOC(=O)C(NCC1CCCCC1)c1cc(C(C)(C)C)c(O)c(C(C)(C)C)c1. The lowest BCUT2D eigenvalue weighted by Crippen LogP contribution is -2.35. The van der Waals surface area contributed by atoms with Gasteiger partial charge in [0.1, 0.15) is 11.8 Å². The fraction of sp³-hybridized carbons (Fsp3) is 0.720. The highest BCUT2D eigenvalue weighted by Gasteiger charge is 2.31. The summed E-state index contributed by atoms with van der Waals surface area (Å²) >= 11 is 0. The second-order valence-corrected chi connectivity index (χ2v) is 10.6.